The minimum Gasteiger partial charge on any atom is -0.324 e. The molecule has 0 bridgehead atoms. The summed E-state index contributed by atoms with van der Waals surface area (Å²) in [4.78, 5) is 8.23. The van der Waals surface area contributed by atoms with Crippen LogP contribution in [0.3, 0.4) is 0 Å². The first kappa shape index (κ1) is 15.9. The van der Waals surface area contributed by atoms with E-state index in [-0.39, 0.29) is 16.7 Å². The third-order valence-corrected chi connectivity index (χ3v) is 5.47. The fourth-order valence-electron chi connectivity index (χ4n) is 1.92. The largest absolute Gasteiger partial charge is 0.324 e. The van der Waals surface area contributed by atoms with E-state index in [1.54, 1.807) is 20.0 Å². The van der Waals surface area contributed by atoms with E-state index < -0.39 is 10.0 Å². The molecular formula is C13H17ClN4O2S. The highest BCUT2D eigenvalue weighted by Gasteiger charge is 2.29. The number of aromatic nitrogens is 3. The number of pyridine rings is 1. The van der Waals surface area contributed by atoms with Crippen molar-refractivity contribution in [3.05, 3.63) is 41.1 Å². The summed E-state index contributed by atoms with van der Waals surface area (Å²) in [5.41, 5.74) is 1.53. The molecule has 0 fully saturated rings. The van der Waals surface area contributed by atoms with Crippen LogP contribution in [0.2, 0.25) is 5.15 Å². The third kappa shape index (κ3) is 3.25. The van der Waals surface area contributed by atoms with Crippen molar-refractivity contribution in [2.45, 2.75) is 25.4 Å². The van der Waals surface area contributed by atoms with E-state index in [1.165, 1.54) is 15.2 Å². The average molecular weight is 329 g/mol. The SMILES string of the molecule is CCN(Cc1cccc(C)n1)S(=O)(=O)c1ncn(C)c1Cl. The van der Waals surface area contributed by atoms with E-state index in [4.69, 9.17) is 11.6 Å². The Morgan fingerprint density at radius 2 is 2.10 bits per heavy atom. The number of imidazole rings is 1. The van der Waals surface area contributed by atoms with Crippen molar-refractivity contribution in [1.82, 2.24) is 18.8 Å². The van der Waals surface area contributed by atoms with Gasteiger partial charge in [0.1, 0.15) is 5.15 Å². The molecular weight excluding hydrogens is 312 g/mol. The molecule has 0 unspecified atom stereocenters. The fraction of sp³-hybridized carbons (Fsp3) is 0.385. The smallest absolute Gasteiger partial charge is 0.264 e. The maximum atomic E-state index is 12.6. The van der Waals surface area contributed by atoms with Crippen molar-refractivity contribution >= 4 is 21.6 Å². The van der Waals surface area contributed by atoms with Crippen LogP contribution in [0.15, 0.2) is 29.6 Å². The molecule has 0 aliphatic heterocycles. The summed E-state index contributed by atoms with van der Waals surface area (Å²) in [7, 11) is -2.10. The highest BCUT2D eigenvalue weighted by atomic mass is 35.5. The van der Waals surface area contributed by atoms with Crippen LogP contribution < -0.4 is 0 Å². The molecule has 2 aromatic heterocycles. The van der Waals surface area contributed by atoms with E-state index in [0.29, 0.717) is 12.2 Å². The van der Waals surface area contributed by atoms with Crippen molar-refractivity contribution in [3.63, 3.8) is 0 Å². The summed E-state index contributed by atoms with van der Waals surface area (Å²) in [6, 6.07) is 5.51. The number of aryl methyl sites for hydroxylation is 2. The molecule has 0 aliphatic carbocycles. The van der Waals surface area contributed by atoms with E-state index in [1.807, 2.05) is 19.1 Å². The van der Waals surface area contributed by atoms with Crippen molar-refractivity contribution in [2.24, 2.45) is 7.05 Å². The highest BCUT2D eigenvalue weighted by Crippen LogP contribution is 2.23. The summed E-state index contributed by atoms with van der Waals surface area (Å²) in [5.74, 6) is 0. The maximum absolute atomic E-state index is 12.6. The molecule has 0 amide bonds. The van der Waals surface area contributed by atoms with Crippen LogP contribution in [0.25, 0.3) is 0 Å². The van der Waals surface area contributed by atoms with Crippen molar-refractivity contribution in [2.75, 3.05) is 6.54 Å². The zero-order chi connectivity index (χ0) is 15.6. The molecule has 8 heteroatoms. The molecule has 21 heavy (non-hydrogen) atoms. The number of hydrogen-bond acceptors (Lipinski definition) is 4. The van der Waals surface area contributed by atoms with Gasteiger partial charge < -0.3 is 4.57 Å². The van der Waals surface area contributed by atoms with Gasteiger partial charge in [-0.2, -0.15) is 4.31 Å². The van der Waals surface area contributed by atoms with E-state index in [0.717, 1.165) is 5.69 Å². The van der Waals surface area contributed by atoms with E-state index in [9.17, 15) is 8.42 Å². The van der Waals surface area contributed by atoms with E-state index >= 15 is 0 Å². The Morgan fingerprint density at radius 3 is 2.62 bits per heavy atom. The van der Waals surface area contributed by atoms with Gasteiger partial charge >= 0.3 is 0 Å². The van der Waals surface area contributed by atoms with Gasteiger partial charge in [0.05, 0.1) is 18.6 Å². The molecule has 114 valence electrons. The molecule has 0 aromatic carbocycles. The zero-order valence-electron chi connectivity index (χ0n) is 12.1. The number of sulfonamides is 1. The molecule has 0 spiro atoms. The average Bonchev–Trinajstić information content (AvgIpc) is 2.77. The predicted molar refractivity (Wildman–Crippen MR) is 80.5 cm³/mol. The van der Waals surface area contributed by atoms with Gasteiger partial charge in [-0.3, -0.25) is 4.98 Å². The lowest BCUT2D eigenvalue weighted by molar-refractivity contribution is 0.417. The monoisotopic (exact) mass is 328 g/mol. The minimum atomic E-state index is -3.74. The quantitative estimate of drug-likeness (QED) is 0.841. The van der Waals surface area contributed by atoms with Crippen LogP contribution in [0.4, 0.5) is 0 Å². The van der Waals surface area contributed by atoms with Gasteiger partial charge in [-0.1, -0.05) is 24.6 Å². The molecule has 2 aromatic rings. The summed E-state index contributed by atoms with van der Waals surface area (Å²) < 4.78 is 28.0. The third-order valence-electron chi connectivity index (χ3n) is 3.06. The lowest BCUT2D eigenvalue weighted by atomic mass is 10.3. The summed E-state index contributed by atoms with van der Waals surface area (Å²) in [6.45, 7) is 4.13. The normalized spacial score (nSPS) is 12.0. The molecule has 6 nitrogen and oxygen atoms in total. The Bertz CT molecular complexity index is 742. The van der Waals surface area contributed by atoms with Gasteiger partial charge in [0.15, 0.2) is 0 Å². The van der Waals surface area contributed by atoms with Crippen LogP contribution in [0.1, 0.15) is 18.3 Å². The number of hydrogen-bond donors (Lipinski definition) is 0. The Labute approximate surface area is 129 Å². The fourth-order valence-corrected chi connectivity index (χ4v) is 3.73. The second kappa shape index (κ2) is 6.13. The Kier molecular flexibility index (Phi) is 4.65. The molecule has 0 aliphatic rings. The Morgan fingerprint density at radius 1 is 1.38 bits per heavy atom. The lowest BCUT2D eigenvalue weighted by Gasteiger charge is -2.19. The van der Waals surface area contributed by atoms with Gasteiger partial charge in [-0.05, 0) is 19.1 Å². The zero-order valence-corrected chi connectivity index (χ0v) is 13.7. The van der Waals surface area contributed by atoms with Gasteiger partial charge in [0.2, 0.25) is 5.03 Å². The van der Waals surface area contributed by atoms with Crippen LogP contribution >= 0.6 is 11.6 Å². The number of nitrogens with zero attached hydrogens (tertiary/aromatic N) is 4. The second-order valence-electron chi connectivity index (χ2n) is 4.65. The second-order valence-corrected chi connectivity index (χ2v) is 6.86. The van der Waals surface area contributed by atoms with Gasteiger partial charge in [0, 0.05) is 19.3 Å². The molecule has 0 atom stereocenters. The van der Waals surface area contributed by atoms with Gasteiger partial charge in [-0.15, -0.1) is 0 Å². The minimum absolute atomic E-state index is 0.102. The molecule has 0 N–H and O–H groups in total. The predicted octanol–water partition coefficient (Wildman–Crippen LogP) is 1.99. The molecule has 2 heterocycles. The van der Waals surface area contributed by atoms with Crippen molar-refractivity contribution < 1.29 is 8.42 Å². The highest BCUT2D eigenvalue weighted by molar-refractivity contribution is 7.89. The summed E-state index contributed by atoms with van der Waals surface area (Å²) >= 11 is 6.00. The first-order chi connectivity index (χ1) is 9.86. The van der Waals surface area contributed by atoms with Gasteiger partial charge in [-0.25, -0.2) is 13.4 Å². The summed E-state index contributed by atoms with van der Waals surface area (Å²) in [6.07, 6.45) is 1.38. The van der Waals surface area contributed by atoms with Crippen LogP contribution in [-0.4, -0.2) is 33.8 Å². The number of halogens is 1. The van der Waals surface area contributed by atoms with E-state index in [2.05, 4.69) is 9.97 Å². The molecule has 0 radical (unpaired) electrons. The van der Waals surface area contributed by atoms with Crippen LogP contribution in [-0.2, 0) is 23.6 Å². The molecule has 0 saturated heterocycles. The Balaban J connectivity index is 2.34. The van der Waals surface area contributed by atoms with Crippen LogP contribution in [0, 0.1) is 6.92 Å². The first-order valence-electron chi connectivity index (χ1n) is 6.45. The van der Waals surface area contributed by atoms with Crippen LogP contribution in [0.5, 0.6) is 0 Å². The Hall–Kier alpha value is -1.44. The van der Waals surface area contributed by atoms with Gasteiger partial charge in [0.25, 0.3) is 10.0 Å². The first-order valence-corrected chi connectivity index (χ1v) is 8.27. The standard InChI is InChI=1S/C13H17ClN4O2S/c1-4-18(8-11-7-5-6-10(2)16-11)21(19,20)13-12(14)17(3)9-15-13/h5-7,9H,4,8H2,1-3H3. The molecule has 0 saturated carbocycles. The van der Waals surface area contributed by atoms with Crippen molar-refractivity contribution in [3.8, 4) is 0 Å². The topological polar surface area (TPSA) is 68.1 Å². The van der Waals surface area contributed by atoms with Crippen molar-refractivity contribution in [1.29, 1.82) is 0 Å². The number of rotatable bonds is 5. The lowest BCUT2D eigenvalue weighted by Crippen LogP contribution is -2.31. The summed E-state index contributed by atoms with van der Waals surface area (Å²) in [5, 5.41) is -0.0215. The molecule has 2 rings (SSSR count). The maximum Gasteiger partial charge on any atom is 0.264 e.